The lowest BCUT2D eigenvalue weighted by Crippen LogP contribution is -2.33. The van der Waals surface area contributed by atoms with Gasteiger partial charge in [-0.15, -0.1) is 5.10 Å². The lowest BCUT2D eigenvalue weighted by Gasteiger charge is -2.18. The third-order valence-electron chi connectivity index (χ3n) is 2.79. The van der Waals surface area contributed by atoms with Gasteiger partial charge in [0.2, 0.25) is 5.82 Å². The second kappa shape index (κ2) is 4.73. The van der Waals surface area contributed by atoms with Gasteiger partial charge in [0.05, 0.1) is 0 Å². The molecule has 0 aliphatic heterocycles. The van der Waals surface area contributed by atoms with Gasteiger partial charge in [-0.05, 0) is 19.1 Å². The first kappa shape index (κ1) is 11.3. The number of aromatic nitrogens is 3. The van der Waals surface area contributed by atoms with Crippen molar-refractivity contribution in [3.8, 4) is 0 Å². The van der Waals surface area contributed by atoms with Crippen LogP contribution in [0.5, 0.6) is 0 Å². The molecule has 88 valence electrons. The standard InChI is InChI=1S/C9H14N4O2S/c1-16-6-4-2-3-5(6)10-7-8(14)11-9(15)13-12-7/h5-6H,2-4H2,1H3,(H,10,12)(H2,11,13,14,15). The Morgan fingerprint density at radius 2 is 2.25 bits per heavy atom. The van der Waals surface area contributed by atoms with E-state index in [4.69, 9.17) is 0 Å². The van der Waals surface area contributed by atoms with E-state index in [1.54, 1.807) is 11.8 Å². The molecule has 1 aromatic heterocycles. The van der Waals surface area contributed by atoms with E-state index in [0.717, 1.165) is 19.3 Å². The average molecular weight is 242 g/mol. The Hall–Kier alpha value is -1.24. The van der Waals surface area contributed by atoms with Crippen molar-refractivity contribution in [3.05, 3.63) is 20.8 Å². The third-order valence-corrected chi connectivity index (χ3v) is 3.96. The summed E-state index contributed by atoms with van der Waals surface area (Å²) < 4.78 is 0. The molecule has 0 saturated heterocycles. The van der Waals surface area contributed by atoms with Gasteiger partial charge in [0.25, 0.3) is 5.56 Å². The fraction of sp³-hybridized carbons (Fsp3) is 0.667. The Bertz CT molecular complexity index is 469. The van der Waals surface area contributed by atoms with Crippen molar-refractivity contribution in [1.82, 2.24) is 15.2 Å². The van der Waals surface area contributed by atoms with Crippen molar-refractivity contribution in [2.24, 2.45) is 0 Å². The Morgan fingerprint density at radius 1 is 1.44 bits per heavy atom. The predicted molar refractivity (Wildman–Crippen MR) is 64.0 cm³/mol. The molecular weight excluding hydrogens is 228 g/mol. The van der Waals surface area contributed by atoms with Crippen LogP contribution in [0.3, 0.4) is 0 Å². The van der Waals surface area contributed by atoms with Crippen molar-refractivity contribution in [2.75, 3.05) is 11.6 Å². The van der Waals surface area contributed by atoms with Crippen LogP contribution in [0.15, 0.2) is 9.59 Å². The summed E-state index contributed by atoms with van der Waals surface area (Å²) in [6.45, 7) is 0. The minimum absolute atomic E-state index is 0.200. The predicted octanol–water partition coefficient (Wildman–Crippen LogP) is 0.154. The zero-order valence-corrected chi connectivity index (χ0v) is 9.76. The molecule has 1 heterocycles. The number of nitrogens with zero attached hydrogens (tertiary/aromatic N) is 1. The number of nitrogens with one attached hydrogen (secondary N) is 3. The zero-order valence-electron chi connectivity index (χ0n) is 8.95. The molecule has 6 nitrogen and oxygen atoms in total. The van der Waals surface area contributed by atoms with Crippen molar-refractivity contribution in [2.45, 2.75) is 30.6 Å². The molecule has 2 rings (SSSR count). The van der Waals surface area contributed by atoms with E-state index < -0.39 is 11.2 Å². The summed E-state index contributed by atoms with van der Waals surface area (Å²) in [5.41, 5.74) is -1.04. The van der Waals surface area contributed by atoms with Crippen LogP contribution < -0.4 is 16.6 Å². The van der Waals surface area contributed by atoms with Gasteiger partial charge in [-0.25, -0.2) is 9.89 Å². The number of thioether (sulfide) groups is 1. The van der Waals surface area contributed by atoms with Gasteiger partial charge >= 0.3 is 5.69 Å². The second-order valence-electron chi connectivity index (χ2n) is 3.81. The number of hydrogen-bond acceptors (Lipinski definition) is 5. The highest BCUT2D eigenvalue weighted by atomic mass is 32.2. The first-order chi connectivity index (χ1) is 7.70. The molecule has 0 aromatic carbocycles. The average Bonchev–Trinajstić information content (AvgIpc) is 2.69. The highest BCUT2D eigenvalue weighted by molar-refractivity contribution is 7.99. The van der Waals surface area contributed by atoms with Crippen LogP contribution in [0.25, 0.3) is 0 Å². The smallest absolute Gasteiger partial charge is 0.342 e. The summed E-state index contributed by atoms with van der Waals surface area (Å²) in [4.78, 5) is 24.4. The van der Waals surface area contributed by atoms with Crippen LogP contribution in [-0.2, 0) is 0 Å². The van der Waals surface area contributed by atoms with Crippen molar-refractivity contribution < 1.29 is 0 Å². The minimum atomic E-state index is -0.580. The maximum absolute atomic E-state index is 11.4. The van der Waals surface area contributed by atoms with Crippen molar-refractivity contribution in [1.29, 1.82) is 0 Å². The lowest BCUT2D eigenvalue weighted by atomic mass is 10.2. The summed E-state index contributed by atoms with van der Waals surface area (Å²) in [6.07, 6.45) is 5.41. The molecule has 3 N–H and O–H groups in total. The van der Waals surface area contributed by atoms with Crippen LogP contribution in [-0.4, -0.2) is 32.7 Å². The van der Waals surface area contributed by atoms with Gasteiger partial charge in [0.1, 0.15) is 0 Å². The number of rotatable bonds is 3. The quantitative estimate of drug-likeness (QED) is 0.702. The van der Waals surface area contributed by atoms with Crippen LogP contribution in [0.1, 0.15) is 19.3 Å². The first-order valence-electron chi connectivity index (χ1n) is 5.19. The summed E-state index contributed by atoms with van der Waals surface area (Å²) in [5, 5.41) is 9.52. The summed E-state index contributed by atoms with van der Waals surface area (Å²) in [6, 6.07) is 0.259. The highest BCUT2D eigenvalue weighted by Gasteiger charge is 2.27. The van der Waals surface area contributed by atoms with Gasteiger partial charge in [-0.3, -0.25) is 9.78 Å². The van der Waals surface area contributed by atoms with E-state index in [-0.39, 0.29) is 11.9 Å². The van der Waals surface area contributed by atoms with E-state index in [1.807, 2.05) is 0 Å². The van der Waals surface area contributed by atoms with Gasteiger partial charge < -0.3 is 5.32 Å². The molecule has 1 aromatic rings. The van der Waals surface area contributed by atoms with E-state index >= 15 is 0 Å². The van der Waals surface area contributed by atoms with Gasteiger partial charge in [-0.2, -0.15) is 11.8 Å². The van der Waals surface area contributed by atoms with E-state index in [0.29, 0.717) is 5.25 Å². The van der Waals surface area contributed by atoms with E-state index in [2.05, 4.69) is 26.8 Å². The number of H-pyrrole nitrogens is 2. The van der Waals surface area contributed by atoms with Crippen LogP contribution >= 0.6 is 11.8 Å². The Morgan fingerprint density at radius 3 is 2.94 bits per heavy atom. The topological polar surface area (TPSA) is 90.6 Å². The molecule has 0 radical (unpaired) electrons. The summed E-state index contributed by atoms with van der Waals surface area (Å²) >= 11 is 1.79. The Kier molecular flexibility index (Phi) is 3.33. The van der Waals surface area contributed by atoms with Crippen LogP contribution in [0, 0.1) is 0 Å². The molecule has 2 atom stereocenters. The van der Waals surface area contributed by atoms with Gasteiger partial charge in [0.15, 0.2) is 0 Å². The van der Waals surface area contributed by atoms with Crippen molar-refractivity contribution >= 4 is 17.6 Å². The second-order valence-corrected chi connectivity index (χ2v) is 4.89. The molecule has 0 amide bonds. The lowest BCUT2D eigenvalue weighted by molar-refractivity contribution is 0.748. The molecule has 1 fully saturated rings. The number of hydrogen-bond donors (Lipinski definition) is 3. The summed E-state index contributed by atoms with van der Waals surface area (Å²) in [7, 11) is 0. The molecule has 1 saturated carbocycles. The molecule has 16 heavy (non-hydrogen) atoms. The molecular formula is C9H14N4O2S. The van der Waals surface area contributed by atoms with Gasteiger partial charge in [-0.1, -0.05) is 6.42 Å². The Balaban J connectivity index is 2.14. The van der Waals surface area contributed by atoms with Crippen LogP contribution in [0.2, 0.25) is 0 Å². The minimum Gasteiger partial charge on any atom is -0.360 e. The molecule has 0 bridgehead atoms. The molecule has 1 aliphatic carbocycles. The van der Waals surface area contributed by atoms with Gasteiger partial charge in [0, 0.05) is 11.3 Å². The first-order valence-corrected chi connectivity index (χ1v) is 6.48. The fourth-order valence-corrected chi connectivity index (χ4v) is 2.93. The SMILES string of the molecule is CSC1CCCC1Nc1n[nH]c(=O)[nH]c1=O. The molecule has 0 spiro atoms. The molecule has 1 aliphatic rings. The van der Waals surface area contributed by atoms with E-state index in [1.165, 1.54) is 0 Å². The van der Waals surface area contributed by atoms with Crippen LogP contribution in [0.4, 0.5) is 5.82 Å². The number of anilines is 1. The third kappa shape index (κ3) is 2.29. The Labute approximate surface area is 96.2 Å². The highest BCUT2D eigenvalue weighted by Crippen LogP contribution is 2.29. The monoisotopic (exact) mass is 242 g/mol. The summed E-state index contributed by atoms with van der Waals surface area (Å²) in [5.74, 6) is 0.200. The van der Waals surface area contributed by atoms with E-state index in [9.17, 15) is 9.59 Å². The fourth-order valence-electron chi connectivity index (χ4n) is 1.99. The number of aromatic amines is 2. The normalized spacial score (nSPS) is 24.6. The zero-order chi connectivity index (χ0) is 11.5. The maximum Gasteiger partial charge on any atom is 0.342 e. The molecule has 2 unspecified atom stereocenters. The maximum atomic E-state index is 11.4. The largest absolute Gasteiger partial charge is 0.360 e. The van der Waals surface area contributed by atoms with Crippen molar-refractivity contribution in [3.63, 3.8) is 0 Å². The molecule has 7 heteroatoms.